The van der Waals surface area contributed by atoms with Crippen molar-refractivity contribution < 1.29 is 28.9 Å². The number of amides is 1. The maximum absolute atomic E-state index is 13.6. The fourth-order valence-electron chi connectivity index (χ4n) is 5.20. The Bertz CT molecular complexity index is 1700. The minimum Gasteiger partial charge on any atom is -0.493 e. The zero-order chi connectivity index (χ0) is 34.2. The van der Waals surface area contributed by atoms with E-state index >= 15 is 0 Å². The van der Waals surface area contributed by atoms with E-state index in [1.165, 1.54) is 11.8 Å². The SMILES string of the molecule is CN(C)CCOc1ccc(-c2ccc(Cl)c(Cl)c2)cc1C=C1SC(=S)N(CCCOc2ccc(C(=O)O)cc2CN2CCOCC2)C1=O. The maximum Gasteiger partial charge on any atom is 0.335 e. The van der Waals surface area contributed by atoms with Gasteiger partial charge in [0.15, 0.2) is 0 Å². The lowest BCUT2D eigenvalue weighted by atomic mass is 10.0. The molecule has 0 unspecified atom stereocenters. The van der Waals surface area contributed by atoms with Crippen LogP contribution in [-0.2, 0) is 16.1 Å². The standard InChI is InChI=1S/C35H37Cl2N3O6S2/c1-38(2)11-17-46-30-8-5-23(24-4-7-28(36)29(37)20-24)18-26(30)21-32-33(41)40(35(47)48-32)10-3-14-45-31-9-6-25(34(42)43)19-27(31)22-39-12-15-44-16-13-39/h4-9,18-21H,3,10-17,22H2,1-2H3,(H,42,43). The number of carbonyl (C=O) groups is 2. The molecular formula is C35H37Cl2N3O6S2. The molecule has 0 aromatic heterocycles. The van der Waals surface area contributed by atoms with Crippen LogP contribution in [-0.4, -0.2) is 103 Å². The highest BCUT2D eigenvalue weighted by Crippen LogP contribution is 2.37. The molecule has 2 heterocycles. The molecule has 13 heteroatoms. The largest absolute Gasteiger partial charge is 0.493 e. The van der Waals surface area contributed by atoms with E-state index in [9.17, 15) is 14.7 Å². The molecule has 3 aromatic rings. The van der Waals surface area contributed by atoms with Gasteiger partial charge in [-0.05, 0) is 80.2 Å². The molecule has 254 valence electrons. The van der Waals surface area contributed by atoms with Gasteiger partial charge in [-0.1, -0.05) is 59.3 Å². The summed E-state index contributed by atoms with van der Waals surface area (Å²) in [6.07, 6.45) is 2.35. The van der Waals surface area contributed by atoms with Crippen LogP contribution in [0.3, 0.4) is 0 Å². The fourth-order valence-corrected chi connectivity index (χ4v) is 6.80. The molecule has 9 nitrogen and oxygen atoms in total. The van der Waals surface area contributed by atoms with E-state index in [0.29, 0.717) is 76.7 Å². The van der Waals surface area contributed by atoms with Crippen molar-refractivity contribution >= 4 is 69.5 Å². The van der Waals surface area contributed by atoms with E-state index in [2.05, 4.69) is 4.90 Å². The molecule has 2 aliphatic rings. The van der Waals surface area contributed by atoms with Gasteiger partial charge in [0.25, 0.3) is 5.91 Å². The topological polar surface area (TPSA) is 91.8 Å². The summed E-state index contributed by atoms with van der Waals surface area (Å²) >= 11 is 19.3. The number of hydrogen-bond acceptors (Lipinski definition) is 9. The summed E-state index contributed by atoms with van der Waals surface area (Å²) in [4.78, 5) is 31.5. The van der Waals surface area contributed by atoms with Gasteiger partial charge in [0, 0.05) is 43.9 Å². The van der Waals surface area contributed by atoms with Crippen molar-refractivity contribution in [2.24, 2.45) is 0 Å². The molecule has 0 bridgehead atoms. The molecule has 2 aliphatic heterocycles. The number of morpholine rings is 1. The van der Waals surface area contributed by atoms with Crippen LogP contribution >= 0.6 is 47.2 Å². The van der Waals surface area contributed by atoms with Crippen LogP contribution < -0.4 is 9.47 Å². The average Bonchev–Trinajstić information content (AvgIpc) is 3.33. The Labute approximate surface area is 300 Å². The van der Waals surface area contributed by atoms with E-state index in [0.717, 1.165) is 41.9 Å². The maximum atomic E-state index is 13.6. The summed E-state index contributed by atoms with van der Waals surface area (Å²) in [5.74, 6) is 0.116. The van der Waals surface area contributed by atoms with Crippen LogP contribution in [0.5, 0.6) is 11.5 Å². The molecule has 2 saturated heterocycles. The Morgan fingerprint density at radius 2 is 1.71 bits per heavy atom. The lowest BCUT2D eigenvalue weighted by Crippen LogP contribution is -2.35. The van der Waals surface area contributed by atoms with Crippen LogP contribution in [0, 0.1) is 0 Å². The normalized spacial score (nSPS) is 16.3. The quantitative estimate of drug-likeness (QED) is 0.109. The van der Waals surface area contributed by atoms with Gasteiger partial charge < -0.3 is 24.2 Å². The van der Waals surface area contributed by atoms with Crippen molar-refractivity contribution in [2.45, 2.75) is 13.0 Å². The number of halogens is 2. The molecule has 2 fully saturated rings. The summed E-state index contributed by atoms with van der Waals surface area (Å²) in [7, 11) is 3.96. The zero-order valence-electron chi connectivity index (χ0n) is 26.7. The predicted octanol–water partition coefficient (Wildman–Crippen LogP) is 6.80. The summed E-state index contributed by atoms with van der Waals surface area (Å²) in [6.45, 7) is 5.29. The number of benzene rings is 3. The van der Waals surface area contributed by atoms with Crippen molar-refractivity contribution in [1.82, 2.24) is 14.7 Å². The third-order valence-corrected chi connectivity index (χ3v) is 9.92. The van der Waals surface area contributed by atoms with Gasteiger partial charge in [-0.15, -0.1) is 0 Å². The first-order valence-corrected chi connectivity index (χ1v) is 17.5. The Morgan fingerprint density at radius 3 is 2.44 bits per heavy atom. The van der Waals surface area contributed by atoms with Crippen LogP contribution in [0.15, 0.2) is 59.5 Å². The van der Waals surface area contributed by atoms with Crippen LogP contribution in [0.1, 0.15) is 27.9 Å². The van der Waals surface area contributed by atoms with Gasteiger partial charge >= 0.3 is 5.97 Å². The Balaban J connectivity index is 1.27. The van der Waals surface area contributed by atoms with Gasteiger partial charge in [-0.2, -0.15) is 0 Å². The highest BCUT2D eigenvalue weighted by molar-refractivity contribution is 8.26. The number of likely N-dealkylation sites (N-methyl/N-ethyl adjacent to an activating group) is 1. The monoisotopic (exact) mass is 729 g/mol. The number of carbonyl (C=O) groups excluding carboxylic acids is 1. The second-order valence-corrected chi connectivity index (χ2v) is 14.1. The highest BCUT2D eigenvalue weighted by Gasteiger charge is 2.32. The number of rotatable bonds is 14. The molecule has 1 N–H and O–H groups in total. The molecule has 0 spiro atoms. The lowest BCUT2D eigenvalue weighted by molar-refractivity contribution is -0.122. The van der Waals surface area contributed by atoms with Gasteiger partial charge in [0.05, 0.1) is 40.3 Å². The average molecular weight is 731 g/mol. The molecule has 3 aromatic carbocycles. The molecule has 1 amide bonds. The first-order valence-electron chi connectivity index (χ1n) is 15.5. The Hall–Kier alpha value is -3.16. The van der Waals surface area contributed by atoms with Gasteiger partial charge in [0.2, 0.25) is 0 Å². The van der Waals surface area contributed by atoms with Crippen molar-refractivity contribution in [1.29, 1.82) is 0 Å². The summed E-state index contributed by atoms with van der Waals surface area (Å²) in [6, 6.07) is 16.2. The molecule has 0 saturated carbocycles. The second kappa shape index (κ2) is 17.0. The zero-order valence-corrected chi connectivity index (χ0v) is 29.9. The summed E-state index contributed by atoms with van der Waals surface area (Å²) < 4.78 is 18.2. The summed E-state index contributed by atoms with van der Waals surface area (Å²) in [5, 5.41) is 10.4. The smallest absolute Gasteiger partial charge is 0.335 e. The molecular weight excluding hydrogens is 693 g/mol. The van der Waals surface area contributed by atoms with E-state index in [1.54, 1.807) is 29.2 Å². The van der Waals surface area contributed by atoms with Crippen LogP contribution in [0.2, 0.25) is 10.0 Å². The van der Waals surface area contributed by atoms with E-state index in [1.807, 2.05) is 55.4 Å². The minimum atomic E-state index is -0.986. The molecule has 48 heavy (non-hydrogen) atoms. The van der Waals surface area contributed by atoms with Crippen molar-refractivity contribution in [3.05, 3.63) is 86.2 Å². The van der Waals surface area contributed by atoms with Gasteiger partial charge in [-0.3, -0.25) is 14.6 Å². The molecule has 0 radical (unpaired) electrons. The number of aromatic carboxylic acids is 1. The van der Waals surface area contributed by atoms with Gasteiger partial charge in [0.1, 0.15) is 22.4 Å². The first-order chi connectivity index (χ1) is 23.1. The third-order valence-electron chi connectivity index (χ3n) is 7.81. The van der Waals surface area contributed by atoms with Crippen LogP contribution in [0.25, 0.3) is 17.2 Å². The number of carboxylic acid groups (broad SMARTS) is 1. The first kappa shape index (κ1) is 36.1. The lowest BCUT2D eigenvalue weighted by Gasteiger charge is -2.27. The third kappa shape index (κ3) is 9.50. The van der Waals surface area contributed by atoms with Crippen molar-refractivity contribution in [3.63, 3.8) is 0 Å². The number of ether oxygens (including phenoxy) is 3. The Morgan fingerprint density at radius 1 is 1.00 bits per heavy atom. The van der Waals surface area contributed by atoms with Crippen molar-refractivity contribution in [2.75, 3.05) is 66.7 Å². The number of nitrogens with zero attached hydrogens (tertiary/aromatic N) is 3. The number of carboxylic acids is 1. The van der Waals surface area contributed by atoms with Crippen LogP contribution in [0.4, 0.5) is 0 Å². The van der Waals surface area contributed by atoms with E-state index in [-0.39, 0.29) is 11.5 Å². The number of hydrogen-bond donors (Lipinski definition) is 1. The summed E-state index contributed by atoms with van der Waals surface area (Å²) in [5.41, 5.74) is 3.55. The predicted molar refractivity (Wildman–Crippen MR) is 195 cm³/mol. The number of thioether (sulfide) groups is 1. The van der Waals surface area contributed by atoms with Crippen molar-refractivity contribution in [3.8, 4) is 22.6 Å². The fraction of sp³-hybridized carbons (Fsp3) is 0.343. The molecule has 0 atom stereocenters. The van der Waals surface area contributed by atoms with E-state index in [4.69, 9.17) is 49.6 Å². The number of thiocarbonyl (C=S) groups is 1. The molecule has 0 aliphatic carbocycles. The molecule has 5 rings (SSSR count). The van der Waals surface area contributed by atoms with Gasteiger partial charge in [-0.25, -0.2) is 4.79 Å². The minimum absolute atomic E-state index is 0.178. The second-order valence-electron chi connectivity index (χ2n) is 11.6. The van der Waals surface area contributed by atoms with E-state index < -0.39 is 5.97 Å². The highest BCUT2D eigenvalue weighted by atomic mass is 35.5. The Kier molecular flexibility index (Phi) is 12.8.